The number of nitrogens with zero attached hydrogens (tertiary/aromatic N) is 3. The van der Waals surface area contributed by atoms with E-state index in [1.165, 1.54) is 5.56 Å². The van der Waals surface area contributed by atoms with E-state index < -0.39 is 0 Å². The minimum Gasteiger partial charge on any atom is -0.492 e. The molecule has 0 fully saturated rings. The van der Waals surface area contributed by atoms with Crippen LogP contribution in [-0.4, -0.2) is 27.9 Å². The van der Waals surface area contributed by atoms with Gasteiger partial charge in [-0.15, -0.1) is 22.6 Å². The Kier molecular flexibility index (Phi) is 6.07. The Labute approximate surface area is 157 Å². The average Bonchev–Trinajstić information content (AvgIpc) is 2.99. The summed E-state index contributed by atoms with van der Waals surface area (Å²) in [7, 11) is 1.97. The van der Waals surface area contributed by atoms with E-state index in [-0.39, 0.29) is 17.8 Å². The van der Waals surface area contributed by atoms with Gasteiger partial charge in [-0.25, -0.2) is 0 Å². The predicted octanol–water partition coefficient (Wildman–Crippen LogP) is 3.35. The van der Waals surface area contributed by atoms with Gasteiger partial charge < -0.3 is 15.0 Å². The first kappa shape index (κ1) is 19.4. The first-order valence-electron chi connectivity index (χ1n) is 7.59. The fourth-order valence-electron chi connectivity index (χ4n) is 2.72. The van der Waals surface area contributed by atoms with Crippen LogP contribution >= 0.6 is 35.8 Å². The molecule has 2 heterocycles. The third kappa shape index (κ3) is 3.67. The van der Waals surface area contributed by atoms with Gasteiger partial charge in [0.1, 0.15) is 11.6 Å². The third-order valence-electron chi connectivity index (χ3n) is 4.09. The number of fused-ring (bicyclic) bond motifs is 1. The number of ether oxygens (including phenoxy) is 1. The molecule has 0 saturated carbocycles. The maximum atomic E-state index is 6.30. The Morgan fingerprint density at radius 3 is 2.83 bits per heavy atom. The molecular weight excluding hydrogens is 367 g/mol. The van der Waals surface area contributed by atoms with Crippen LogP contribution in [0.3, 0.4) is 0 Å². The molecule has 2 N–H and O–H groups in total. The van der Waals surface area contributed by atoms with Crippen molar-refractivity contribution < 1.29 is 4.74 Å². The number of benzene rings is 1. The minimum atomic E-state index is -0.00127. The van der Waals surface area contributed by atoms with Gasteiger partial charge in [-0.2, -0.15) is 0 Å². The summed E-state index contributed by atoms with van der Waals surface area (Å²) in [5.74, 6) is 2.62. The van der Waals surface area contributed by atoms with Crippen LogP contribution in [0, 0.1) is 0 Å². The SMILES string of the molecule is Cl.Cn1c(CCN)nnc1SCc1cc(Cl)cc2c1OCC2(C)C. The first-order chi connectivity index (χ1) is 10.9. The molecule has 0 unspecified atom stereocenters. The second-order valence-electron chi connectivity index (χ2n) is 6.40. The number of thioether (sulfide) groups is 1. The first-order valence-corrected chi connectivity index (χ1v) is 8.95. The summed E-state index contributed by atoms with van der Waals surface area (Å²) < 4.78 is 7.92. The zero-order valence-corrected chi connectivity index (χ0v) is 16.4. The van der Waals surface area contributed by atoms with Crippen molar-refractivity contribution in [3.05, 3.63) is 34.1 Å². The summed E-state index contributed by atoms with van der Waals surface area (Å²) in [6.45, 7) is 5.61. The van der Waals surface area contributed by atoms with Crippen molar-refractivity contribution in [1.29, 1.82) is 0 Å². The maximum absolute atomic E-state index is 6.30. The zero-order chi connectivity index (χ0) is 16.6. The average molecular weight is 389 g/mol. The lowest BCUT2D eigenvalue weighted by Gasteiger charge is -2.15. The molecule has 1 aromatic heterocycles. The molecule has 1 aliphatic rings. The number of hydrogen-bond donors (Lipinski definition) is 1. The van der Waals surface area contributed by atoms with Crippen molar-refractivity contribution in [3.8, 4) is 5.75 Å². The molecule has 0 radical (unpaired) electrons. The van der Waals surface area contributed by atoms with Crippen LogP contribution in [0.2, 0.25) is 5.02 Å². The van der Waals surface area contributed by atoms with E-state index >= 15 is 0 Å². The molecular formula is C16H22Cl2N4OS. The van der Waals surface area contributed by atoms with E-state index in [1.54, 1.807) is 11.8 Å². The third-order valence-corrected chi connectivity index (χ3v) is 5.37. The van der Waals surface area contributed by atoms with Crippen molar-refractivity contribution in [2.24, 2.45) is 12.8 Å². The van der Waals surface area contributed by atoms with Gasteiger partial charge in [-0.1, -0.05) is 37.2 Å². The summed E-state index contributed by atoms with van der Waals surface area (Å²) in [6.07, 6.45) is 0.730. The van der Waals surface area contributed by atoms with Gasteiger partial charge in [0, 0.05) is 40.8 Å². The molecule has 24 heavy (non-hydrogen) atoms. The van der Waals surface area contributed by atoms with Gasteiger partial charge in [0.25, 0.3) is 0 Å². The molecule has 1 aromatic carbocycles. The Hall–Kier alpha value is -0.950. The molecule has 0 bridgehead atoms. The topological polar surface area (TPSA) is 66.0 Å². The zero-order valence-electron chi connectivity index (χ0n) is 14.0. The molecule has 0 aliphatic carbocycles. The van der Waals surface area contributed by atoms with E-state index in [2.05, 4.69) is 24.0 Å². The molecule has 2 aromatic rings. The fourth-order valence-corrected chi connectivity index (χ4v) is 3.86. The quantitative estimate of drug-likeness (QED) is 0.795. The van der Waals surface area contributed by atoms with Gasteiger partial charge in [0.15, 0.2) is 5.16 Å². The summed E-state index contributed by atoms with van der Waals surface area (Å²) in [6, 6.07) is 3.99. The second-order valence-corrected chi connectivity index (χ2v) is 7.78. The lowest BCUT2D eigenvalue weighted by Crippen LogP contribution is -2.18. The van der Waals surface area contributed by atoms with Gasteiger partial charge in [-0.05, 0) is 18.7 Å². The van der Waals surface area contributed by atoms with Crippen LogP contribution < -0.4 is 10.5 Å². The molecule has 8 heteroatoms. The largest absolute Gasteiger partial charge is 0.492 e. The Morgan fingerprint density at radius 1 is 1.38 bits per heavy atom. The van der Waals surface area contributed by atoms with Gasteiger partial charge >= 0.3 is 0 Å². The number of aromatic nitrogens is 3. The van der Waals surface area contributed by atoms with Crippen LogP contribution in [0.5, 0.6) is 5.75 Å². The van der Waals surface area contributed by atoms with E-state index in [0.717, 1.165) is 39.5 Å². The van der Waals surface area contributed by atoms with E-state index in [1.807, 2.05) is 23.7 Å². The van der Waals surface area contributed by atoms with Crippen LogP contribution in [-0.2, 0) is 24.6 Å². The van der Waals surface area contributed by atoms with Crippen molar-refractivity contribution >= 4 is 35.8 Å². The van der Waals surface area contributed by atoms with E-state index in [4.69, 9.17) is 22.1 Å². The lowest BCUT2D eigenvalue weighted by atomic mass is 9.86. The standard InChI is InChI=1S/C16H21ClN4OS.ClH/c1-16(2)9-22-14-10(6-11(17)7-12(14)16)8-23-15-20-19-13(4-5-18)21(15)3;/h6-7H,4-5,8-9,18H2,1-3H3;1H. The number of nitrogens with two attached hydrogens (primary N) is 1. The highest BCUT2D eigenvalue weighted by atomic mass is 35.5. The summed E-state index contributed by atoms with van der Waals surface area (Å²) in [5, 5.41) is 10.1. The molecule has 0 amide bonds. The molecule has 3 rings (SSSR count). The summed E-state index contributed by atoms with van der Waals surface area (Å²) in [4.78, 5) is 0. The molecule has 0 saturated heterocycles. The molecule has 0 spiro atoms. The second kappa shape index (κ2) is 7.52. The smallest absolute Gasteiger partial charge is 0.191 e. The monoisotopic (exact) mass is 388 g/mol. The minimum absolute atomic E-state index is 0. The predicted molar refractivity (Wildman–Crippen MR) is 101 cm³/mol. The van der Waals surface area contributed by atoms with Crippen molar-refractivity contribution in [1.82, 2.24) is 14.8 Å². The highest BCUT2D eigenvalue weighted by Crippen LogP contribution is 2.43. The van der Waals surface area contributed by atoms with Gasteiger partial charge in [0.2, 0.25) is 0 Å². The Morgan fingerprint density at radius 2 is 2.12 bits per heavy atom. The lowest BCUT2D eigenvalue weighted by molar-refractivity contribution is 0.290. The number of hydrogen-bond acceptors (Lipinski definition) is 5. The normalized spacial score (nSPS) is 14.9. The number of rotatable bonds is 5. The molecule has 132 valence electrons. The Balaban J connectivity index is 0.00000208. The highest BCUT2D eigenvalue weighted by Gasteiger charge is 2.33. The Bertz CT molecular complexity index is 733. The number of halogens is 2. The van der Waals surface area contributed by atoms with Gasteiger partial charge in [0.05, 0.1) is 6.61 Å². The van der Waals surface area contributed by atoms with Gasteiger partial charge in [-0.3, -0.25) is 0 Å². The van der Waals surface area contributed by atoms with E-state index in [9.17, 15) is 0 Å². The van der Waals surface area contributed by atoms with Crippen LogP contribution in [0.25, 0.3) is 0 Å². The van der Waals surface area contributed by atoms with Crippen LogP contribution in [0.4, 0.5) is 0 Å². The van der Waals surface area contributed by atoms with Crippen LogP contribution in [0.1, 0.15) is 30.8 Å². The summed E-state index contributed by atoms with van der Waals surface area (Å²) >= 11 is 7.93. The van der Waals surface area contributed by atoms with E-state index in [0.29, 0.717) is 13.2 Å². The molecule has 5 nitrogen and oxygen atoms in total. The maximum Gasteiger partial charge on any atom is 0.191 e. The molecule has 0 atom stereocenters. The van der Waals surface area contributed by atoms with Crippen molar-refractivity contribution in [3.63, 3.8) is 0 Å². The fraction of sp³-hybridized carbons (Fsp3) is 0.500. The van der Waals surface area contributed by atoms with Crippen molar-refractivity contribution in [2.75, 3.05) is 13.2 Å². The highest BCUT2D eigenvalue weighted by molar-refractivity contribution is 7.98. The summed E-state index contributed by atoms with van der Waals surface area (Å²) in [5.41, 5.74) is 7.87. The molecule has 1 aliphatic heterocycles. The van der Waals surface area contributed by atoms with Crippen molar-refractivity contribution in [2.45, 2.75) is 36.6 Å². The van der Waals surface area contributed by atoms with Crippen LogP contribution in [0.15, 0.2) is 17.3 Å².